The van der Waals surface area contributed by atoms with Gasteiger partial charge in [-0.05, 0) is 40.1 Å². The lowest BCUT2D eigenvalue weighted by atomic mass is 10.1. The van der Waals surface area contributed by atoms with Crippen LogP contribution in [0.15, 0.2) is 65.6 Å². The highest BCUT2D eigenvalue weighted by molar-refractivity contribution is 8.26. The van der Waals surface area contributed by atoms with Gasteiger partial charge < -0.3 is 14.8 Å². The molecule has 1 fully saturated rings. The number of carbonyl (C=O) groups is 1. The van der Waals surface area contributed by atoms with Gasteiger partial charge in [-0.2, -0.15) is 0 Å². The third-order valence-electron chi connectivity index (χ3n) is 4.39. The number of thioether (sulfide) groups is 1. The average Bonchev–Trinajstić information content (AvgIpc) is 3.03. The Balaban J connectivity index is 1.56. The lowest BCUT2D eigenvalue weighted by molar-refractivity contribution is -0.115. The summed E-state index contributed by atoms with van der Waals surface area (Å²) in [7, 11) is 1.60. The summed E-state index contributed by atoms with van der Waals surface area (Å²) in [6.45, 7) is 0.435. The monoisotopic (exact) mass is 407 g/mol. The van der Waals surface area contributed by atoms with Gasteiger partial charge in [0.15, 0.2) is 11.5 Å². The molecule has 6 heteroatoms. The van der Waals surface area contributed by atoms with Crippen LogP contribution in [0.5, 0.6) is 11.5 Å². The molecule has 3 aromatic rings. The molecule has 1 aliphatic heterocycles. The van der Waals surface area contributed by atoms with Gasteiger partial charge in [0.2, 0.25) is 0 Å². The summed E-state index contributed by atoms with van der Waals surface area (Å²) in [6, 6.07) is 20.0. The Morgan fingerprint density at radius 3 is 2.68 bits per heavy atom. The lowest BCUT2D eigenvalue weighted by Gasteiger charge is -2.13. The molecule has 0 unspecified atom stereocenters. The molecule has 0 radical (unpaired) electrons. The molecule has 0 spiro atoms. The van der Waals surface area contributed by atoms with Gasteiger partial charge in [0.05, 0.1) is 12.0 Å². The largest absolute Gasteiger partial charge is 0.493 e. The molecule has 0 aromatic heterocycles. The summed E-state index contributed by atoms with van der Waals surface area (Å²) in [4.78, 5) is 12.4. The zero-order chi connectivity index (χ0) is 19.5. The van der Waals surface area contributed by atoms with Crippen molar-refractivity contribution in [2.75, 3.05) is 7.11 Å². The van der Waals surface area contributed by atoms with Crippen LogP contribution in [-0.4, -0.2) is 17.3 Å². The molecule has 0 saturated carbocycles. The van der Waals surface area contributed by atoms with E-state index in [1.807, 2.05) is 36.4 Å². The van der Waals surface area contributed by atoms with E-state index in [4.69, 9.17) is 21.7 Å². The van der Waals surface area contributed by atoms with Crippen LogP contribution in [0.3, 0.4) is 0 Å². The number of ether oxygens (including phenoxy) is 2. The maximum atomic E-state index is 11.8. The number of carbonyl (C=O) groups excluding carboxylic acids is 1. The Bertz CT molecular complexity index is 1100. The van der Waals surface area contributed by atoms with E-state index >= 15 is 0 Å². The van der Waals surface area contributed by atoms with Crippen LogP contribution in [0.2, 0.25) is 0 Å². The number of fused-ring (bicyclic) bond motifs is 1. The molecule has 4 nitrogen and oxygen atoms in total. The van der Waals surface area contributed by atoms with Crippen molar-refractivity contribution in [2.24, 2.45) is 0 Å². The molecule has 1 amide bonds. The van der Waals surface area contributed by atoms with E-state index in [-0.39, 0.29) is 5.91 Å². The zero-order valence-electron chi connectivity index (χ0n) is 15.1. The van der Waals surface area contributed by atoms with E-state index in [9.17, 15) is 4.79 Å². The highest BCUT2D eigenvalue weighted by Crippen LogP contribution is 2.32. The van der Waals surface area contributed by atoms with Gasteiger partial charge in [-0.3, -0.25) is 4.79 Å². The molecule has 4 rings (SSSR count). The molecule has 1 saturated heterocycles. The fraction of sp³-hybridized carbons (Fsp3) is 0.0909. The van der Waals surface area contributed by atoms with Crippen molar-refractivity contribution in [1.82, 2.24) is 5.32 Å². The van der Waals surface area contributed by atoms with Crippen molar-refractivity contribution in [3.05, 3.63) is 76.7 Å². The third kappa shape index (κ3) is 3.88. The van der Waals surface area contributed by atoms with Gasteiger partial charge in [-0.15, -0.1) is 0 Å². The maximum absolute atomic E-state index is 11.8. The van der Waals surface area contributed by atoms with Crippen LogP contribution >= 0.6 is 24.0 Å². The Morgan fingerprint density at radius 2 is 1.89 bits per heavy atom. The topological polar surface area (TPSA) is 47.6 Å². The Hall–Kier alpha value is -2.83. The Labute approximate surface area is 172 Å². The highest BCUT2D eigenvalue weighted by atomic mass is 32.2. The van der Waals surface area contributed by atoms with E-state index in [0.717, 1.165) is 11.1 Å². The predicted octanol–water partition coefficient (Wildman–Crippen LogP) is 4.92. The van der Waals surface area contributed by atoms with Gasteiger partial charge in [-0.25, -0.2) is 0 Å². The van der Waals surface area contributed by atoms with Crippen LogP contribution in [-0.2, 0) is 11.4 Å². The van der Waals surface area contributed by atoms with Gasteiger partial charge >= 0.3 is 0 Å². The van der Waals surface area contributed by atoms with Crippen LogP contribution in [0.4, 0.5) is 0 Å². The smallest absolute Gasteiger partial charge is 0.263 e. The van der Waals surface area contributed by atoms with Crippen molar-refractivity contribution in [1.29, 1.82) is 0 Å². The normalized spacial score (nSPS) is 15.1. The summed E-state index contributed by atoms with van der Waals surface area (Å²) < 4.78 is 12.0. The molecule has 1 aliphatic rings. The molecular weight excluding hydrogens is 390 g/mol. The summed E-state index contributed by atoms with van der Waals surface area (Å²) >= 11 is 6.27. The Morgan fingerprint density at radius 1 is 1.07 bits per heavy atom. The minimum Gasteiger partial charge on any atom is -0.493 e. The van der Waals surface area contributed by atoms with E-state index in [0.29, 0.717) is 27.3 Å². The third-order valence-corrected chi connectivity index (χ3v) is 5.55. The second kappa shape index (κ2) is 8.04. The Kier molecular flexibility index (Phi) is 5.32. The summed E-state index contributed by atoms with van der Waals surface area (Å²) in [5, 5.41) is 4.97. The number of hydrogen-bond donors (Lipinski definition) is 1. The fourth-order valence-electron chi connectivity index (χ4n) is 3.04. The molecule has 0 aliphatic carbocycles. The first-order valence-electron chi connectivity index (χ1n) is 8.66. The van der Waals surface area contributed by atoms with Gasteiger partial charge in [0.25, 0.3) is 5.91 Å². The first kappa shape index (κ1) is 18.5. The average molecular weight is 408 g/mol. The number of thiocarbonyl (C=S) groups is 1. The van der Waals surface area contributed by atoms with Gasteiger partial charge in [-0.1, -0.05) is 72.5 Å². The van der Waals surface area contributed by atoms with Crippen LogP contribution < -0.4 is 14.8 Å². The first-order chi connectivity index (χ1) is 13.6. The number of benzene rings is 3. The second-order valence-electron chi connectivity index (χ2n) is 6.19. The van der Waals surface area contributed by atoms with E-state index in [2.05, 4.69) is 29.6 Å². The summed E-state index contributed by atoms with van der Waals surface area (Å²) in [5.74, 6) is 1.09. The molecule has 140 valence electrons. The molecule has 0 atom stereocenters. The number of hydrogen-bond acceptors (Lipinski definition) is 5. The zero-order valence-corrected chi connectivity index (χ0v) is 16.7. The van der Waals surface area contributed by atoms with Crippen molar-refractivity contribution in [3.63, 3.8) is 0 Å². The number of amides is 1. The van der Waals surface area contributed by atoms with Crippen molar-refractivity contribution < 1.29 is 14.3 Å². The SMILES string of the molecule is COc1cc(/C=C2\SC(=S)NC2=O)ccc1OCc1cccc2ccccc12. The van der Waals surface area contributed by atoms with Crippen molar-refractivity contribution in [3.8, 4) is 11.5 Å². The van der Waals surface area contributed by atoms with E-state index < -0.39 is 0 Å². The number of nitrogens with one attached hydrogen (secondary N) is 1. The van der Waals surface area contributed by atoms with Gasteiger partial charge in [0, 0.05) is 0 Å². The van der Waals surface area contributed by atoms with E-state index in [1.165, 1.54) is 22.5 Å². The van der Waals surface area contributed by atoms with Crippen LogP contribution in [0, 0.1) is 0 Å². The molecule has 1 heterocycles. The molecule has 0 bridgehead atoms. The molecule has 28 heavy (non-hydrogen) atoms. The second-order valence-corrected chi connectivity index (χ2v) is 7.91. The number of rotatable bonds is 5. The van der Waals surface area contributed by atoms with Crippen molar-refractivity contribution >= 4 is 51.1 Å². The highest BCUT2D eigenvalue weighted by Gasteiger charge is 2.22. The lowest BCUT2D eigenvalue weighted by Crippen LogP contribution is -2.17. The maximum Gasteiger partial charge on any atom is 0.263 e. The molecule has 3 aromatic carbocycles. The minimum atomic E-state index is -0.176. The first-order valence-corrected chi connectivity index (χ1v) is 9.89. The van der Waals surface area contributed by atoms with Crippen LogP contribution in [0.25, 0.3) is 16.8 Å². The van der Waals surface area contributed by atoms with Gasteiger partial charge in [0.1, 0.15) is 10.9 Å². The standard InChI is InChI=1S/C22H17NO3S2/c1-25-19-11-14(12-20-21(24)23-22(27)28-20)9-10-18(19)26-13-16-7-4-6-15-5-2-3-8-17(15)16/h2-12H,13H2,1H3,(H,23,24,27)/b20-12-. The molecule has 1 N–H and O–H groups in total. The summed E-state index contributed by atoms with van der Waals surface area (Å²) in [6.07, 6.45) is 1.79. The van der Waals surface area contributed by atoms with Crippen LogP contribution in [0.1, 0.15) is 11.1 Å². The van der Waals surface area contributed by atoms with Crippen molar-refractivity contribution in [2.45, 2.75) is 6.61 Å². The fourth-order valence-corrected chi connectivity index (χ4v) is 4.08. The quantitative estimate of drug-likeness (QED) is 0.481. The summed E-state index contributed by atoms with van der Waals surface area (Å²) in [5.41, 5.74) is 1.95. The molecular formula is C22H17NO3S2. The number of methoxy groups -OCH3 is 1. The van der Waals surface area contributed by atoms with E-state index in [1.54, 1.807) is 13.2 Å². The minimum absolute atomic E-state index is 0.176. The predicted molar refractivity (Wildman–Crippen MR) is 118 cm³/mol.